The van der Waals surface area contributed by atoms with Gasteiger partial charge >= 0.3 is 0 Å². The zero-order valence-electron chi connectivity index (χ0n) is 16.4. The Labute approximate surface area is 165 Å². The topological polar surface area (TPSA) is 74.6 Å². The summed E-state index contributed by atoms with van der Waals surface area (Å²) < 4.78 is 10.9. The minimum atomic E-state index is -0.296. The molecule has 0 aromatic heterocycles. The van der Waals surface area contributed by atoms with Crippen molar-refractivity contribution in [1.29, 1.82) is 5.26 Å². The van der Waals surface area contributed by atoms with Crippen LogP contribution in [0.4, 0.5) is 5.69 Å². The predicted molar refractivity (Wildman–Crippen MR) is 107 cm³/mol. The van der Waals surface area contributed by atoms with Crippen molar-refractivity contribution in [2.45, 2.75) is 31.8 Å². The van der Waals surface area contributed by atoms with Gasteiger partial charge in [-0.1, -0.05) is 6.07 Å². The van der Waals surface area contributed by atoms with Crippen molar-refractivity contribution in [3.63, 3.8) is 0 Å². The smallest absolute Gasteiger partial charge is 0.241 e. The van der Waals surface area contributed by atoms with Gasteiger partial charge in [0.05, 0.1) is 31.9 Å². The normalized spacial score (nSPS) is 17.6. The van der Waals surface area contributed by atoms with Crippen molar-refractivity contribution >= 4 is 11.6 Å². The maximum absolute atomic E-state index is 12.8. The Kier molecular flexibility index (Phi) is 6.17. The van der Waals surface area contributed by atoms with Gasteiger partial charge in [-0.05, 0) is 56.6 Å². The van der Waals surface area contributed by atoms with E-state index < -0.39 is 0 Å². The number of hydrogen-bond donors (Lipinski definition) is 1. The fourth-order valence-electron chi connectivity index (χ4n) is 3.71. The standard InChI is InChI=1S/C22H25N3O3/c1-15(22(26)24-17-8-6-16(14-23)7-9-17)25-12-4-5-20(25)19-11-10-18(27-2)13-21(19)28-3/h6-11,13,15,20H,4-5,12H2,1-3H3,(H,24,26)/t15-,20+/m0/s1. The van der Waals surface area contributed by atoms with E-state index in [1.807, 2.05) is 25.1 Å². The van der Waals surface area contributed by atoms with E-state index in [0.29, 0.717) is 11.3 Å². The number of likely N-dealkylation sites (tertiary alicyclic amines) is 1. The molecule has 146 valence electrons. The van der Waals surface area contributed by atoms with Crippen molar-refractivity contribution in [3.05, 3.63) is 53.6 Å². The highest BCUT2D eigenvalue weighted by Gasteiger charge is 2.34. The van der Waals surface area contributed by atoms with Crippen LogP contribution in [0.15, 0.2) is 42.5 Å². The number of rotatable bonds is 6. The average molecular weight is 379 g/mol. The minimum absolute atomic E-state index is 0.0657. The number of nitrogens with one attached hydrogen (secondary N) is 1. The highest BCUT2D eigenvalue weighted by atomic mass is 16.5. The molecular formula is C22H25N3O3. The van der Waals surface area contributed by atoms with E-state index in [4.69, 9.17) is 14.7 Å². The summed E-state index contributed by atoms with van der Waals surface area (Å²) in [6, 6.07) is 14.6. The molecule has 1 fully saturated rings. The first-order chi connectivity index (χ1) is 13.6. The lowest BCUT2D eigenvalue weighted by molar-refractivity contribution is -0.121. The third-order valence-electron chi connectivity index (χ3n) is 5.25. The molecule has 1 heterocycles. The van der Waals surface area contributed by atoms with Gasteiger partial charge in [0.1, 0.15) is 11.5 Å². The van der Waals surface area contributed by atoms with Crippen LogP contribution in [-0.4, -0.2) is 37.6 Å². The lowest BCUT2D eigenvalue weighted by atomic mass is 10.0. The minimum Gasteiger partial charge on any atom is -0.497 e. The summed E-state index contributed by atoms with van der Waals surface area (Å²) in [5, 5.41) is 11.8. The Hall–Kier alpha value is -3.04. The number of hydrogen-bond acceptors (Lipinski definition) is 5. The molecule has 1 amide bonds. The highest BCUT2D eigenvalue weighted by Crippen LogP contribution is 2.39. The van der Waals surface area contributed by atoms with E-state index in [9.17, 15) is 4.79 Å². The number of methoxy groups -OCH3 is 2. The summed E-state index contributed by atoms with van der Waals surface area (Å²) in [6.07, 6.45) is 1.99. The van der Waals surface area contributed by atoms with E-state index in [0.717, 1.165) is 36.4 Å². The molecule has 2 aromatic rings. The van der Waals surface area contributed by atoms with E-state index in [1.54, 1.807) is 38.5 Å². The van der Waals surface area contributed by atoms with Gasteiger partial charge in [0.25, 0.3) is 0 Å². The number of ether oxygens (including phenoxy) is 2. The van der Waals surface area contributed by atoms with E-state index in [-0.39, 0.29) is 18.0 Å². The second kappa shape index (κ2) is 8.77. The molecule has 1 aliphatic heterocycles. The van der Waals surface area contributed by atoms with Gasteiger partial charge < -0.3 is 14.8 Å². The summed E-state index contributed by atoms with van der Waals surface area (Å²) in [5.41, 5.74) is 2.32. The largest absolute Gasteiger partial charge is 0.497 e. The molecule has 6 heteroatoms. The molecular weight excluding hydrogens is 354 g/mol. The van der Waals surface area contributed by atoms with Crippen LogP contribution in [0, 0.1) is 11.3 Å². The van der Waals surface area contributed by atoms with E-state index in [1.165, 1.54) is 0 Å². The molecule has 6 nitrogen and oxygen atoms in total. The van der Waals surface area contributed by atoms with Crippen molar-refractivity contribution in [2.75, 3.05) is 26.1 Å². The first-order valence-corrected chi connectivity index (χ1v) is 9.36. The summed E-state index contributed by atoms with van der Waals surface area (Å²) in [7, 11) is 3.28. The SMILES string of the molecule is COc1ccc([C@H]2CCCN2[C@@H](C)C(=O)Nc2ccc(C#N)cc2)c(OC)c1. The van der Waals surface area contributed by atoms with Gasteiger partial charge in [-0.2, -0.15) is 5.26 Å². The van der Waals surface area contributed by atoms with Crippen molar-refractivity contribution in [2.24, 2.45) is 0 Å². The molecule has 2 atom stereocenters. The molecule has 0 unspecified atom stereocenters. The fourth-order valence-corrected chi connectivity index (χ4v) is 3.71. The van der Waals surface area contributed by atoms with Gasteiger partial charge in [0.15, 0.2) is 0 Å². The van der Waals surface area contributed by atoms with E-state index >= 15 is 0 Å². The van der Waals surface area contributed by atoms with Crippen molar-refractivity contribution < 1.29 is 14.3 Å². The average Bonchev–Trinajstić information content (AvgIpc) is 3.22. The molecule has 0 aliphatic carbocycles. The summed E-state index contributed by atoms with van der Waals surface area (Å²) in [4.78, 5) is 15.0. The van der Waals surface area contributed by atoms with Gasteiger partial charge in [-0.25, -0.2) is 0 Å². The van der Waals surface area contributed by atoms with Crippen molar-refractivity contribution in [1.82, 2.24) is 4.90 Å². The lowest BCUT2D eigenvalue weighted by Gasteiger charge is -2.31. The second-order valence-electron chi connectivity index (χ2n) is 6.86. The number of carbonyl (C=O) groups is 1. The number of benzene rings is 2. The third-order valence-corrected chi connectivity index (χ3v) is 5.25. The number of carbonyl (C=O) groups excluding carboxylic acids is 1. The Morgan fingerprint density at radius 1 is 1.21 bits per heavy atom. The van der Waals surface area contributed by atoms with Crippen LogP contribution < -0.4 is 14.8 Å². The zero-order valence-corrected chi connectivity index (χ0v) is 16.4. The molecule has 3 rings (SSSR count). The maximum atomic E-state index is 12.8. The highest BCUT2D eigenvalue weighted by molar-refractivity contribution is 5.94. The molecule has 1 N–H and O–H groups in total. The van der Waals surface area contributed by atoms with Crippen LogP contribution >= 0.6 is 0 Å². The Balaban J connectivity index is 1.76. The van der Waals surface area contributed by atoms with Gasteiger partial charge in [0, 0.05) is 23.4 Å². The molecule has 0 radical (unpaired) electrons. The quantitative estimate of drug-likeness (QED) is 0.828. The molecule has 0 bridgehead atoms. The number of nitrogens with zero attached hydrogens (tertiary/aromatic N) is 2. The Morgan fingerprint density at radius 3 is 2.61 bits per heavy atom. The molecule has 1 aliphatic rings. The predicted octanol–water partition coefficient (Wildman–Crippen LogP) is 3.74. The summed E-state index contributed by atoms with van der Waals surface area (Å²) in [6.45, 7) is 2.77. The lowest BCUT2D eigenvalue weighted by Crippen LogP contribution is -2.41. The molecule has 28 heavy (non-hydrogen) atoms. The first kappa shape index (κ1) is 19.7. The second-order valence-corrected chi connectivity index (χ2v) is 6.86. The van der Waals surface area contributed by atoms with Crippen LogP contribution in [0.1, 0.15) is 36.9 Å². The van der Waals surface area contributed by atoms with Crippen LogP contribution in [0.5, 0.6) is 11.5 Å². The van der Waals surface area contributed by atoms with Crippen LogP contribution in [0.3, 0.4) is 0 Å². The molecule has 0 saturated carbocycles. The zero-order chi connectivity index (χ0) is 20.1. The molecule has 2 aromatic carbocycles. The molecule has 0 spiro atoms. The monoisotopic (exact) mass is 379 g/mol. The van der Waals surface area contributed by atoms with Gasteiger partial charge in [0.2, 0.25) is 5.91 Å². The van der Waals surface area contributed by atoms with Crippen LogP contribution in [-0.2, 0) is 4.79 Å². The van der Waals surface area contributed by atoms with Gasteiger partial charge in [-0.3, -0.25) is 9.69 Å². The van der Waals surface area contributed by atoms with Crippen LogP contribution in [0.2, 0.25) is 0 Å². The fraction of sp³-hybridized carbons (Fsp3) is 0.364. The third kappa shape index (κ3) is 4.10. The molecule has 1 saturated heterocycles. The van der Waals surface area contributed by atoms with Crippen molar-refractivity contribution in [3.8, 4) is 17.6 Å². The van der Waals surface area contributed by atoms with Gasteiger partial charge in [-0.15, -0.1) is 0 Å². The first-order valence-electron chi connectivity index (χ1n) is 9.36. The summed E-state index contributed by atoms with van der Waals surface area (Å²) in [5.74, 6) is 1.46. The maximum Gasteiger partial charge on any atom is 0.241 e. The number of nitriles is 1. The number of amides is 1. The Morgan fingerprint density at radius 2 is 1.96 bits per heavy atom. The van der Waals surface area contributed by atoms with E-state index in [2.05, 4.69) is 16.3 Å². The van der Waals surface area contributed by atoms with Crippen LogP contribution in [0.25, 0.3) is 0 Å². The summed E-state index contributed by atoms with van der Waals surface area (Å²) >= 11 is 0. The Bertz CT molecular complexity index is 874. The number of anilines is 1.